The molecule has 0 N–H and O–H groups in total. The van der Waals surface area contributed by atoms with Crippen molar-refractivity contribution in [2.24, 2.45) is 23.7 Å². The first-order chi connectivity index (χ1) is 9.95. The van der Waals surface area contributed by atoms with Crippen LogP contribution < -0.4 is 0 Å². The highest BCUT2D eigenvalue weighted by molar-refractivity contribution is 4.73. The molecule has 1 nitrogen and oxygen atoms in total. The fraction of sp³-hybridized carbons (Fsp3) is 0.950. The zero-order valence-corrected chi connectivity index (χ0v) is 15.3. The van der Waals surface area contributed by atoms with Crippen LogP contribution in [0.3, 0.4) is 0 Å². The van der Waals surface area contributed by atoms with Crippen molar-refractivity contribution in [3.05, 3.63) is 0 Å². The highest BCUT2D eigenvalue weighted by atomic mass is 14.2. The van der Waals surface area contributed by atoms with Gasteiger partial charge in [0, 0.05) is 6.42 Å². The third kappa shape index (κ3) is 14.2. The van der Waals surface area contributed by atoms with E-state index in [0.29, 0.717) is 5.92 Å². The largest absolute Gasteiger partial charge is 0.198 e. The van der Waals surface area contributed by atoms with Crippen LogP contribution in [0.2, 0.25) is 0 Å². The Morgan fingerprint density at radius 2 is 1.00 bits per heavy atom. The Hall–Kier alpha value is -0.510. The molecule has 0 aromatic carbocycles. The summed E-state index contributed by atoms with van der Waals surface area (Å²) in [6.45, 7) is 11.7. The lowest BCUT2D eigenvalue weighted by Gasteiger charge is -2.15. The maximum Gasteiger partial charge on any atom is 0.0624 e. The molecule has 0 spiro atoms. The second-order valence-electron chi connectivity index (χ2n) is 7.86. The summed E-state index contributed by atoms with van der Waals surface area (Å²) < 4.78 is 0. The molecule has 0 fully saturated rings. The van der Waals surface area contributed by atoms with Crippen molar-refractivity contribution in [3.8, 4) is 6.07 Å². The minimum absolute atomic E-state index is 0.586. The minimum Gasteiger partial charge on any atom is -0.198 e. The van der Waals surface area contributed by atoms with E-state index in [2.05, 4.69) is 40.7 Å². The van der Waals surface area contributed by atoms with E-state index >= 15 is 0 Å². The van der Waals surface area contributed by atoms with E-state index < -0.39 is 0 Å². The molecular formula is C20H39N. The van der Waals surface area contributed by atoms with Gasteiger partial charge in [-0.25, -0.2) is 0 Å². The SMILES string of the molecule is CC(C)CCCC(C)CCCC(C)CCCC(C)CC#N. The zero-order valence-electron chi connectivity index (χ0n) is 15.3. The van der Waals surface area contributed by atoms with Crippen LogP contribution in [0, 0.1) is 35.0 Å². The fourth-order valence-corrected chi connectivity index (χ4v) is 3.05. The van der Waals surface area contributed by atoms with Crippen molar-refractivity contribution < 1.29 is 0 Å². The number of hydrogen-bond donors (Lipinski definition) is 0. The molecule has 1 heteroatoms. The Labute approximate surface area is 134 Å². The topological polar surface area (TPSA) is 23.8 Å². The number of rotatable bonds is 13. The molecule has 0 aliphatic carbocycles. The van der Waals surface area contributed by atoms with E-state index in [1.165, 1.54) is 57.8 Å². The lowest BCUT2D eigenvalue weighted by molar-refractivity contribution is 0.378. The minimum atomic E-state index is 0.586. The van der Waals surface area contributed by atoms with E-state index in [9.17, 15) is 0 Å². The third-order valence-electron chi connectivity index (χ3n) is 4.71. The summed E-state index contributed by atoms with van der Waals surface area (Å²) in [5.41, 5.74) is 0. The van der Waals surface area contributed by atoms with Gasteiger partial charge in [-0.05, 0) is 30.1 Å². The molecule has 0 saturated carbocycles. The molecule has 124 valence electrons. The molecule has 3 atom stereocenters. The summed E-state index contributed by atoms with van der Waals surface area (Å²) in [5.74, 6) is 3.22. The summed E-state index contributed by atoms with van der Waals surface area (Å²) in [6, 6.07) is 2.28. The lowest BCUT2D eigenvalue weighted by atomic mass is 9.91. The standard InChI is InChI=1S/C20H39N/c1-17(2)9-6-10-18(3)11-7-12-19(4)13-8-14-20(5)15-16-21/h17-20H,6-15H2,1-5H3. The molecule has 0 aliphatic heterocycles. The second-order valence-corrected chi connectivity index (χ2v) is 7.86. The summed E-state index contributed by atoms with van der Waals surface area (Å²) in [6.07, 6.45) is 13.0. The fourth-order valence-electron chi connectivity index (χ4n) is 3.05. The van der Waals surface area contributed by atoms with Gasteiger partial charge in [-0.1, -0.05) is 86.0 Å². The van der Waals surface area contributed by atoms with Crippen molar-refractivity contribution in [2.45, 2.75) is 98.8 Å². The third-order valence-corrected chi connectivity index (χ3v) is 4.71. The molecular weight excluding hydrogens is 254 g/mol. The Morgan fingerprint density at radius 3 is 1.38 bits per heavy atom. The van der Waals surface area contributed by atoms with Gasteiger partial charge in [-0.2, -0.15) is 5.26 Å². The highest BCUT2D eigenvalue weighted by Crippen LogP contribution is 2.22. The van der Waals surface area contributed by atoms with E-state index in [1.54, 1.807) is 0 Å². The van der Waals surface area contributed by atoms with Crippen molar-refractivity contribution >= 4 is 0 Å². The second kappa shape index (κ2) is 13.2. The Morgan fingerprint density at radius 1 is 0.619 bits per heavy atom. The van der Waals surface area contributed by atoms with Gasteiger partial charge >= 0.3 is 0 Å². The van der Waals surface area contributed by atoms with Gasteiger partial charge in [-0.3, -0.25) is 0 Å². The van der Waals surface area contributed by atoms with Crippen LogP contribution in [0.25, 0.3) is 0 Å². The van der Waals surface area contributed by atoms with E-state index in [0.717, 1.165) is 24.2 Å². The Kier molecular flexibility index (Phi) is 12.9. The molecule has 0 aliphatic rings. The quantitative estimate of drug-likeness (QED) is 0.359. The Bertz CT molecular complexity index is 264. The zero-order chi connectivity index (χ0) is 16.1. The van der Waals surface area contributed by atoms with Crippen molar-refractivity contribution in [3.63, 3.8) is 0 Å². The first-order valence-electron chi connectivity index (χ1n) is 9.32. The first-order valence-corrected chi connectivity index (χ1v) is 9.32. The maximum atomic E-state index is 8.66. The van der Waals surface area contributed by atoms with Gasteiger partial charge in [0.2, 0.25) is 0 Å². The summed E-state index contributed by atoms with van der Waals surface area (Å²) >= 11 is 0. The lowest BCUT2D eigenvalue weighted by Crippen LogP contribution is -2.01. The van der Waals surface area contributed by atoms with Gasteiger partial charge in [0.25, 0.3) is 0 Å². The predicted molar refractivity (Wildman–Crippen MR) is 94.1 cm³/mol. The normalized spacial score (nSPS) is 15.7. The summed E-state index contributed by atoms with van der Waals surface area (Å²) in [4.78, 5) is 0. The van der Waals surface area contributed by atoms with Gasteiger partial charge in [0.15, 0.2) is 0 Å². The van der Waals surface area contributed by atoms with Gasteiger partial charge in [-0.15, -0.1) is 0 Å². The van der Waals surface area contributed by atoms with Crippen LogP contribution in [0.4, 0.5) is 0 Å². The van der Waals surface area contributed by atoms with Crippen LogP contribution in [0.15, 0.2) is 0 Å². The van der Waals surface area contributed by atoms with Gasteiger partial charge in [0.1, 0.15) is 0 Å². The van der Waals surface area contributed by atoms with Crippen molar-refractivity contribution in [1.29, 1.82) is 5.26 Å². The van der Waals surface area contributed by atoms with Gasteiger partial charge in [0.05, 0.1) is 6.07 Å². The van der Waals surface area contributed by atoms with Crippen LogP contribution in [0.5, 0.6) is 0 Å². The Balaban J connectivity index is 3.48. The van der Waals surface area contributed by atoms with Crippen LogP contribution in [0.1, 0.15) is 98.8 Å². The first kappa shape index (κ1) is 20.5. The van der Waals surface area contributed by atoms with Crippen LogP contribution >= 0.6 is 0 Å². The smallest absolute Gasteiger partial charge is 0.0624 e. The number of nitriles is 1. The maximum absolute atomic E-state index is 8.66. The molecule has 3 unspecified atom stereocenters. The molecule has 0 amide bonds. The monoisotopic (exact) mass is 293 g/mol. The molecule has 0 bridgehead atoms. The molecule has 0 aromatic heterocycles. The van der Waals surface area contributed by atoms with Crippen molar-refractivity contribution in [2.75, 3.05) is 0 Å². The molecule has 0 saturated heterocycles. The van der Waals surface area contributed by atoms with Crippen LogP contribution in [-0.4, -0.2) is 0 Å². The summed E-state index contributed by atoms with van der Waals surface area (Å²) in [5, 5.41) is 8.66. The van der Waals surface area contributed by atoms with E-state index in [4.69, 9.17) is 5.26 Å². The summed E-state index contributed by atoms with van der Waals surface area (Å²) in [7, 11) is 0. The van der Waals surface area contributed by atoms with Crippen LogP contribution in [-0.2, 0) is 0 Å². The van der Waals surface area contributed by atoms with E-state index in [-0.39, 0.29) is 0 Å². The van der Waals surface area contributed by atoms with Gasteiger partial charge < -0.3 is 0 Å². The molecule has 0 radical (unpaired) electrons. The van der Waals surface area contributed by atoms with Crippen molar-refractivity contribution in [1.82, 2.24) is 0 Å². The number of nitrogens with zero attached hydrogens (tertiary/aromatic N) is 1. The molecule has 0 heterocycles. The molecule has 21 heavy (non-hydrogen) atoms. The average Bonchev–Trinajstić information content (AvgIpc) is 2.38. The number of hydrogen-bond acceptors (Lipinski definition) is 1. The molecule has 0 rings (SSSR count). The van der Waals surface area contributed by atoms with E-state index in [1.807, 2.05) is 0 Å². The predicted octanol–water partition coefficient (Wildman–Crippen LogP) is 6.98. The molecule has 0 aromatic rings. The average molecular weight is 294 g/mol. The highest BCUT2D eigenvalue weighted by Gasteiger charge is 2.07.